The first-order valence-electron chi connectivity index (χ1n) is 10.0. The van der Waals surface area contributed by atoms with E-state index in [2.05, 4.69) is 4.98 Å². The minimum Gasteiger partial charge on any atom is -0.444 e. The predicted octanol–water partition coefficient (Wildman–Crippen LogP) is 3.76. The van der Waals surface area contributed by atoms with Crippen LogP contribution >= 0.6 is 23.4 Å². The summed E-state index contributed by atoms with van der Waals surface area (Å²) in [5.41, 5.74) is 1.68. The second-order valence-electron chi connectivity index (χ2n) is 7.25. The third-order valence-electron chi connectivity index (χ3n) is 5.07. The molecule has 0 radical (unpaired) electrons. The molecule has 10 heteroatoms. The highest BCUT2D eigenvalue weighted by molar-refractivity contribution is 7.99. The molecular formula is C22H22ClN3O4S2. The minimum absolute atomic E-state index is 0.0124. The van der Waals surface area contributed by atoms with Crippen LogP contribution in [0.15, 0.2) is 70.2 Å². The Morgan fingerprint density at radius 3 is 2.53 bits per heavy atom. The van der Waals surface area contributed by atoms with E-state index in [1.165, 1.54) is 28.2 Å². The summed E-state index contributed by atoms with van der Waals surface area (Å²) in [7, 11) is -3.62. The van der Waals surface area contributed by atoms with Gasteiger partial charge in [0.15, 0.2) is 0 Å². The number of hydrogen-bond donors (Lipinski definition) is 0. The standard InChI is InChI=1S/C22H22ClN3O4S2/c23-18-7-4-8-20(13-18)32(28,29)26-11-9-25(10-12-26)21(27)16-31-15-19-14-30-22(24-19)17-5-2-1-3-6-17/h1-8,13-14H,9-12,15-16H2. The lowest BCUT2D eigenvalue weighted by molar-refractivity contribution is -0.129. The topological polar surface area (TPSA) is 83.7 Å². The van der Waals surface area contributed by atoms with Gasteiger partial charge in [0, 0.05) is 42.5 Å². The van der Waals surface area contributed by atoms with Gasteiger partial charge in [-0.2, -0.15) is 4.31 Å². The lowest BCUT2D eigenvalue weighted by Gasteiger charge is -2.34. The van der Waals surface area contributed by atoms with Crippen LogP contribution in [0.5, 0.6) is 0 Å². The zero-order valence-corrected chi connectivity index (χ0v) is 19.6. The zero-order chi connectivity index (χ0) is 22.6. The number of rotatable bonds is 7. The van der Waals surface area contributed by atoms with Gasteiger partial charge in [0.2, 0.25) is 21.8 Å². The fraction of sp³-hybridized carbons (Fsp3) is 0.273. The van der Waals surface area contributed by atoms with Crippen LogP contribution in [0.3, 0.4) is 0 Å². The van der Waals surface area contributed by atoms with E-state index >= 15 is 0 Å². The van der Waals surface area contributed by atoms with Gasteiger partial charge in [-0.05, 0) is 30.3 Å². The van der Waals surface area contributed by atoms with Crippen LogP contribution in [0.4, 0.5) is 0 Å². The molecule has 4 rings (SSSR count). The molecule has 0 saturated carbocycles. The molecule has 0 bridgehead atoms. The predicted molar refractivity (Wildman–Crippen MR) is 125 cm³/mol. The highest BCUT2D eigenvalue weighted by Gasteiger charge is 2.30. The first-order valence-corrected chi connectivity index (χ1v) is 13.0. The van der Waals surface area contributed by atoms with E-state index in [1.807, 2.05) is 30.3 Å². The number of aromatic nitrogens is 1. The van der Waals surface area contributed by atoms with Crippen molar-refractivity contribution in [2.45, 2.75) is 10.6 Å². The summed E-state index contributed by atoms with van der Waals surface area (Å²) in [6.07, 6.45) is 1.61. The number of oxazole rings is 1. The van der Waals surface area contributed by atoms with Gasteiger partial charge in [0.25, 0.3) is 0 Å². The number of halogens is 1. The van der Waals surface area contributed by atoms with Crippen molar-refractivity contribution in [3.8, 4) is 11.5 Å². The number of carbonyl (C=O) groups excluding carboxylic acids is 1. The third kappa shape index (κ3) is 5.35. The number of hydrogen-bond acceptors (Lipinski definition) is 6. The van der Waals surface area contributed by atoms with Gasteiger partial charge in [-0.1, -0.05) is 35.9 Å². The number of carbonyl (C=O) groups is 1. The number of thioether (sulfide) groups is 1. The number of benzene rings is 2. The summed E-state index contributed by atoms with van der Waals surface area (Å²) in [4.78, 5) is 18.9. The number of nitrogens with zero attached hydrogens (tertiary/aromatic N) is 3. The van der Waals surface area contributed by atoms with Crippen molar-refractivity contribution in [2.24, 2.45) is 0 Å². The van der Waals surface area contributed by atoms with Gasteiger partial charge in [-0.25, -0.2) is 13.4 Å². The van der Waals surface area contributed by atoms with E-state index < -0.39 is 10.0 Å². The summed E-state index contributed by atoms with van der Waals surface area (Å²) in [6, 6.07) is 15.9. The number of amides is 1. The SMILES string of the molecule is O=C(CSCc1coc(-c2ccccc2)n1)N1CCN(S(=O)(=O)c2cccc(Cl)c2)CC1. The zero-order valence-electron chi connectivity index (χ0n) is 17.2. The van der Waals surface area contributed by atoms with E-state index in [-0.39, 0.29) is 23.9 Å². The summed E-state index contributed by atoms with van der Waals surface area (Å²) in [5, 5.41) is 0.375. The van der Waals surface area contributed by atoms with Gasteiger partial charge in [-0.15, -0.1) is 11.8 Å². The van der Waals surface area contributed by atoms with Gasteiger partial charge in [0.05, 0.1) is 16.3 Å². The van der Waals surface area contributed by atoms with E-state index in [4.69, 9.17) is 16.0 Å². The van der Waals surface area contributed by atoms with Crippen molar-refractivity contribution in [3.63, 3.8) is 0 Å². The maximum Gasteiger partial charge on any atom is 0.243 e. The van der Waals surface area contributed by atoms with Crippen LogP contribution in [0.1, 0.15) is 5.69 Å². The molecule has 2 heterocycles. The maximum absolute atomic E-state index is 12.8. The van der Waals surface area contributed by atoms with Gasteiger partial charge < -0.3 is 9.32 Å². The van der Waals surface area contributed by atoms with Crippen molar-refractivity contribution in [3.05, 3.63) is 71.6 Å². The second-order valence-corrected chi connectivity index (χ2v) is 10.6. The Bertz CT molecular complexity index is 1180. The fourth-order valence-electron chi connectivity index (χ4n) is 3.38. The van der Waals surface area contributed by atoms with Crippen LogP contribution in [0.25, 0.3) is 11.5 Å². The first-order chi connectivity index (χ1) is 15.4. The van der Waals surface area contributed by atoms with Crippen LogP contribution in [-0.4, -0.2) is 60.4 Å². The van der Waals surface area contributed by atoms with Crippen molar-refractivity contribution in [1.82, 2.24) is 14.2 Å². The monoisotopic (exact) mass is 491 g/mol. The average molecular weight is 492 g/mol. The van der Waals surface area contributed by atoms with Crippen molar-refractivity contribution in [2.75, 3.05) is 31.9 Å². The average Bonchev–Trinajstić information content (AvgIpc) is 3.29. The van der Waals surface area contributed by atoms with Gasteiger partial charge >= 0.3 is 0 Å². The highest BCUT2D eigenvalue weighted by atomic mass is 35.5. The molecule has 0 atom stereocenters. The highest BCUT2D eigenvalue weighted by Crippen LogP contribution is 2.22. The largest absolute Gasteiger partial charge is 0.444 e. The quantitative estimate of drug-likeness (QED) is 0.500. The number of sulfonamides is 1. The normalized spacial score (nSPS) is 15.1. The molecule has 0 unspecified atom stereocenters. The van der Waals surface area contributed by atoms with Crippen LogP contribution in [0, 0.1) is 0 Å². The third-order valence-corrected chi connectivity index (χ3v) is 8.15. The van der Waals surface area contributed by atoms with E-state index in [9.17, 15) is 13.2 Å². The van der Waals surface area contributed by atoms with Crippen molar-refractivity contribution in [1.29, 1.82) is 0 Å². The molecular weight excluding hydrogens is 470 g/mol. The Labute approximate surface area is 196 Å². The molecule has 2 aromatic carbocycles. The van der Waals surface area contributed by atoms with Crippen LogP contribution < -0.4 is 0 Å². The summed E-state index contributed by atoms with van der Waals surface area (Å²) in [6.45, 7) is 1.24. The van der Waals surface area contributed by atoms with E-state index in [1.54, 1.807) is 23.3 Å². The van der Waals surface area contributed by atoms with Crippen LogP contribution in [0.2, 0.25) is 5.02 Å². The van der Waals surface area contributed by atoms with E-state index in [0.717, 1.165) is 11.3 Å². The molecule has 1 aromatic heterocycles. The molecule has 1 amide bonds. The Kier molecular flexibility index (Phi) is 7.20. The lowest BCUT2D eigenvalue weighted by atomic mass is 10.2. The summed E-state index contributed by atoms with van der Waals surface area (Å²) >= 11 is 7.39. The molecule has 168 valence electrons. The molecule has 0 aliphatic carbocycles. The van der Waals surface area contributed by atoms with Crippen LogP contribution in [-0.2, 0) is 20.6 Å². The molecule has 0 spiro atoms. The molecule has 32 heavy (non-hydrogen) atoms. The molecule has 0 N–H and O–H groups in total. The summed E-state index contributed by atoms with van der Waals surface area (Å²) in [5.74, 6) is 1.41. The molecule has 3 aromatic rings. The van der Waals surface area contributed by atoms with Gasteiger partial charge in [0.1, 0.15) is 6.26 Å². The summed E-state index contributed by atoms with van der Waals surface area (Å²) < 4.78 is 32.5. The molecule has 7 nitrogen and oxygen atoms in total. The van der Waals surface area contributed by atoms with Crippen molar-refractivity contribution >= 4 is 39.3 Å². The minimum atomic E-state index is -3.62. The van der Waals surface area contributed by atoms with Gasteiger partial charge in [-0.3, -0.25) is 4.79 Å². The Morgan fingerprint density at radius 2 is 1.81 bits per heavy atom. The second kappa shape index (κ2) is 10.1. The Morgan fingerprint density at radius 1 is 1.06 bits per heavy atom. The maximum atomic E-state index is 12.8. The van der Waals surface area contributed by atoms with Crippen molar-refractivity contribution < 1.29 is 17.6 Å². The smallest absolute Gasteiger partial charge is 0.243 e. The Balaban J connectivity index is 1.25. The Hall–Kier alpha value is -2.33. The van der Waals surface area contributed by atoms with E-state index in [0.29, 0.717) is 35.5 Å². The lowest BCUT2D eigenvalue weighted by Crippen LogP contribution is -2.50. The molecule has 1 aliphatic heterocycles. The number of piperazine rings is 1. The molecule has 1 fully saturated rings. The fourth-order valence-corrected chi connectivity index (χ4v) is 5.90. The molecule has 1 aliphatic rings. The molecule has 1 saturated heterocycles. The first kappa shape index (κ1) is 22.8.